The smallest absolute Gasteiger partial charge is 0.404 e. The minimum absolute atomic E-state index is 0.000547. The number of likely N-dealkylation sites (N-methyl/N-ethyl adjacent to an activating group) is 1. The first-order valence-electron chi connectivity index (χ1n) is 9.54. The van der Waals surface area contributed by atoms with Crippen LogP contribution in [0.4, 0.5) is 23.7 Å². The average molecular weight is 407 g/mol. The Morgan fingerprint density at radius 2 is 1.86 bits per heavy atom. The summed E-state index contributed by atoms with van der Waals surface area (Å²) >= 11 is 0. The molecular weight excluding hydrogens is 383 g/mol. The van der Waals surface area contributed by atoms with E-state index in [1.165, 1.54) is 23.8 Å². The molecule has 8 heteroatoms. The quantitative estimate of drug-likeness (QED) is 0.754. The lowest BCUT2D eigenvalue weighted by atomic mass is 10.2. The SMILES string of the molecule is CCN(C(=O)Nc1ccccc1OC(F)(F)F)C1CCN(Cc2ccccc2)C1. The number of carbonyl (C=O) groups excluding carboxylic acids is 1. The van der Waals surface area contributed by atoms with E-state index in [0.717, 1.165) is 26.1 Å². The Bertz CT molecular complexity index is 814. The standard InChI is InChI=1S/C21H24F3N3O2/c1-2-27(17-12-13-26(15-17)14-16-8-4-3-5-9-16)20(28)25-18-10-6-7-11-19(18)29-21(22,23)24/h3-11,17H,2,12-15H2,1H3,(H,25,28). The summed E-state index contributed by atoms with van der Waals surface area (Å²) in [5, 5.41) is 2.57. The van der Waals surface area contributed by atoms with Gasteiger partial charge in [-0.25, -0.2) is 4.79 Å². The fraction of sp³-hybridized carbons (Fsp3) is 0.381. The lowest BCUT2D eigenvalue weighted by Gasteiger charge is -2.28. The minimum Gasteiger partial charge on any atom is -0.404 e. The van der Waals surface area contributed by atoms with Crippen LogP contribution in [0.2, 0.25) is 0 Å². The van der Waals surface area contributed by atoms with E-state index in [2.05, 4.69) is 27.1 Å². The minimum atomic E-state index is -4.82. The summed E-state index contributed by atoms with van der Waals surface area (Å²) < 4.78 is 41.8. The number of likely N-dealkylation sites (tertiary alicyclic amines) is 1. The van der Waals surface area contributed by atoms with Crippen LogP contribution >= 0.6 is 0 Å². The number of hydrogen-bond acceptors (Lipinski definition) is 3. The van der Waals surface area contributed by atoms with Gasteiger partial charge in [-0.1, -0.05) is 42.5 Å². The predicted octanol–water partition coefficient (Wildman–Crippen LogP) is 4.71. The molecule has 0 bridgehead atoms. The van der Waals surface area contributed by atoms with Gasteiger partial charge >= 0.3 is 12.4 Å². The molecule has 1 heterocycles. The molecule has 1 aliphatic rings. The van der Waals surface area contributed by atoms with E-state index in [1.807, 2.05) is 25.1 Å². The molecule has 1 atom stereocenters. The van der Waals surface area contributed by atoms with Crippen LogP contribution in [0.1, 0.15) is 18.9 Å². The van der Waals surface area contributed by atoms with Crippen molar-refractivity contribution in [2.75, 3.05) is 25.0 Å². The van der Waals surface area contributed by atoms with Crippen molar-refractivity contribution in [3.8, 4) is 5.75 Å². The summed E-state index contributed by atoms with van der Waals surface area (Å²) in [4.78, 5) is 16.7. The molecule has 1 unspecified atom stereocenters. The number of amides is 2. The fourth-order valence-electron chi connectivity index (χ4n) is 3.59. The highest BCUT2D eigenvalue weighted by molar-refractivity contribution is 5.91. The van der Waals surface area contributed by atoms with Crippen LogP contribution in [0.3, 0.4) is 0 Å². The van der Waals surface area contributed by atoms with Gasteiger partial charge in [-0.3, -0.25) is 4.90 Å². The van der Waals surface area contributed by atoms with Crippen molar-refractivity contribution in [3.05, 3.63) is 60.2 Å². The van der Waals surface area contributed by atoms with Gasteiger partial charge in [-0.15, -0.1) is 13.2 Å². The predicted molar refractivity (Wildman–Crippen MR) is 105 cm³/mol. The zero-order valence-corrected chi connectivity index (χ0v) is 16.2. The van der Waals surface area contributed by atoms with E-state index in [1.54, 1.807) is 11.0 Å². The number of alkyl halides is 3. The fourth-order valence-corrected chi connectivity index (χ4v) is 3.59. The summed E-state index contributed by atoms with van der Waals surface area (Å²) in [5.41, 5.74) is 1.20. The molecule has 3 rings (SSSR count). The summed E-state index contributed by atoms with van der Waals surface area (Å²) in [6.07, 6.45) is -4.01. The van der Waals surface area contributed by atoms with Crippen molar-refractivity contribution in [2.45, 2.75) is 32.3 Å². The van der Waals surface area contributed by atoms with E-state index < -0.39 is 18.1 Å². The van der Waals surface area contributed by atoms with Gasteiger partial charge in [0.05, 0.1) is 5.69 Å². The Labute approximate surface area is 168 Å². The molecule has 5 nitrogen and oxygen atoms in total. The molecular formula is C21H24F3N3O2. The Morgan fingerprint density at radius 1 is 1.17 bits per heavy atom. The number of urea groups is 1. The molecule has 156 valence electrons. The first kappa shape index (κ1) is 21.0. The van der Waals surface area contributed by atoms with Gasteiger partial charge in [0.1, 0.15) is 0 Å². The lowest BCUT2D eigenvalue weighted by Crippen LogP contribution is -2.44. The zero-order chi connectivity index (χ0) is 20.9. The number of para-hydroxylation sites is 2. The van der Waals surface area contributed by atoms with Gasteiger partial charge in [0.15, 0.2) is 5.75 Å². The topological polar surface area (TPSA) is 44.8 Å². The van der Waals surface area contributed by atoms with Gasteiger partial charge in [0.2, 0.25) is 0 Å². The number of rotatable bonds is 6. The normalized spacial score (nSPS) is 17.2. The maximum atomic E-state index is 12.8. The van der Waals surface area contributed by atoms with Crippen LogP contribution < -0.4 is 10.1 Å². The van der Waals surface area contributed by atoms with E-state index >= 15 is 0 Å². The Morgan fingerprint density at radius 3 is 2.55 bits per heavy atom. The zero-order valence-electron chi connectivity index (χ0n) is 16.2. The summed E-state index contributed by atoms with van der Waals surface area (Å²) in [7, 11) is 0. The number of hydrogen-bond donors (Lipinski definition) is 1. The third-order valence-electron chi connectivity index (χ3n) is 4.89. The number of halogens is 3. The molecule has 0 radical (unpaired) electrons. The Hall–Kier alpha value is -2.74. The summed E-state index contributed by atoms with van der Waals surface area (Å²) in [6, 6.07) is 15.2. The Kier molecular flexibility index (Phi) is 6.64. The van der Waals surface area contributed by atoms with Crippen LogP contribution in [0.15, 0.2) is 54.6 Å². The number of benzene rings is 2. The monoisotopic (exact) mass is 407 g/mol. The van der Waals surface area contributed by atoms with Gasteiger partial charge in [0.25, 0.3) is 0 Å². The molecule has 1 aliphatic heterocycles. The van der Waals surface area contributed by atoms with Crippen molar-refractivity contribution in [1.82, 2.24) is 9.80 Å². The van der Waals surface area contributed by atoms with Gasteiger partial charge < -0.3 is 15.0 Å². The first-order valence-corrected chi connectivity index (χ1v) is 9.54. The van der Waals surface area contributed by atoms with Crippen LogP contribution in [0, 0.1) is 0 Å². The van der Waals surface area contributed by atoms with Crippen LogP contribution in [-0.4, -0.2) is 47.9 Å². The number of ether oxygens (including phenoxy) is 1. The molecule has 2 aromatic carbocycles. The highest BCUT2D eigenvalue weighted by Gasteiger charge is 2.33. The van der Waals surface area contributed by atoms with Crippen molar-refractivity contribution in [2.24, 2.45) is 0 Å². The maximum absolute atomic E-state index is 12.8. The third kappa shape index (κ3) is 5.87. The Balaban J connectivity index is 1.63. The number of carbonyl (C=O) groups is 1. The largest absolute Gasteiger partial charge is 0.573 e. The first-order chi connectivity index (χ1) is 13.9. The molecule has 2 amide bonds. The number of nitrogens with one attached hydrogen (secondary N) is 1. The highest BCUT2D eigenvalue weighted by Crippen LogP contribution is 2.30. The van der Waals surface area contributed by atoms with Crippen molar-refractivity contribution in [3.63, 3.8) is 0 Å². The van der Waals surface area contributed by atoms with Crippen LogP contribution in [0.25, 0.3) is 0 Å². The van der Waals surface area contributed by atoms with Crippen molar-refractivity contribution < 1.29 is 22.7 Å². The van der Waals surface area contributed by atoms with Gasteiger partial charge in [-0.05, 0) is 31.0 Å². The second-order valence-electron chi connectivity index (χ2n) is 6.92. The van der Waals surface area contributed by atoms with Crippen LogP contribution in [0.5, 0.6) is 5.75 Å². The molecule has 1 fully saturated rings. The molecule has 0 saturated carbocycles. The van der Waals surface area contributed by atoms with E-state index in [-0.39, 0.29) is 11.7 Å². The summed E-state index contributed by atoms with van der Waals surface area (Å²) in [6.45, 7) is 4.70. The molecule has 0 aliphatic carbocycles. The molecule has 0 aromatic heterocycles. The van der Waals surface area contributed by atoms with Crippen molar-refractivity contribution in [1.29, 1.82) is 0 Å². The number of nitrogens with zero attached hydrogens (tertiary/aromatic N) is 2. The van der Waals surface area contributed by atoms with E-state index in [9.17, 15) is 18.0 Å². The molecule has 29 heavy (non-hydrogen) atoms. The third-order valence-corrected chi connectivity index (χ3v) is 4.89. The van der Waals surface area contributed by atoms with Gasteiger partial charge in [-0.2, -0.15) is 0 Å². The second kappa shape index (κ2) is 9.17. The molecule has 2 aromatic rings. The van der Waals surface area contributed by atoms with E-state index in [0.29, 0.717) is 6.54 Å². The average Bonchev–Trinajstić information content (AvgIpc) is 3.11. The maximum Gasteiger partial charge on any atom is 0.573 e. The lowest BCUT2D eigenvalue weighted by molar-refractivity contribution is -0.274. The van der Waals surface area contributed by atoms with E-state index in [4.69, 9.17) is 0 Å². The second-order valence-corrected chi connectivity index (χ2v) is 6.92. The van der Waals surface area contributed by atoms with Crippen LogP contribution in [-0.2, 0) is 6.54 Å². The molecule has 1 N–H and O–H groups in total. The van der Waals surface area contributed by atoms with Gasteiger partial charge in [0, 0.05) is 32.2 Å². The number of anilines is 1. The highest BCUT2D eigenvalue weighted by atomic mass is 19.4. The molecule has 0 spiro atoms. The summed E-state index contributed by atoms with van der Waals surface area (Å²) in [5.74, 6) is -0.429. The molecule has 1 saturated heterocycles. The van der Waals surface area contributed by atoms with Crippen molar-refractivity contribution >= 4 is 11.7 Å².